The van der Waals surface area contributed by atoms with Gasteiger partial charge in [0, 0.05) is 26.3 Å². The van der Waals surface area contributed by atoms with Crippen LogP contribution in [0.4, 0.5) is 0 Å². The number of nitrogens with zero attached hydrogens (tertiary/aromatic N) is 4. The molecule has 1 aromatic rings. The standard InChI is InChI=1S/C17H20N6O3/c1-22-9-8-18-15(12-22)17(25)20-7-3-6-19-16(24)13-4-5-14(10-21-26)23(2)11-13/h4-5,8-12H,3,6-7H2,1-2H3,(H-,19,20,24,25)/p+1. The Morgan fingerprint density at radius 1 is 1.27 bits per heavy atom. The Morgan fingerprint density at radius 3 is 2.65 bits per heavy atom. The first-order valence-corrected chi connectivity index (χ1v) is 8.04. The van der Waals surface area contributed by atoms with E-state index in [9.17, 15) is 14.5 Å². The Morgan fingerprint density at radius 2 is 2.00 bits per heavy atom. The second-order valence-electron chi connectivity index (χ2n) is 5.66. The number of hydrogen-bond donors (Lipinski definition) is 2. The summed E-state index contributed by atoms with van der Waals surface area (Å²) in [5.74, 6) is -0.482. The lowest BCUT2D eigenvalue weighted by atomic mass is 10.1. The molecule has 0 bridgehead atoms. The van der Waals surface area contributed by atoms with Gasteiger partial charge in [0.2, 0.25) is 0 Å². The molecule has 0 atom stereocenters. The van der Waals surface area contributed by atoms with E-state index in [1.165, 1.54) is 6.20 Å². The summed E-state index contributed by atoms with van der Waals surface area (Å²) in [6.07, 6.45) is 11.6. The fourth-order valence-corrected chi connectivity index (χ4v) is 2.23. The molecule has 136 valence electrons. The van der Waals surface area contributed by atoms with Crippen molar-refractivity contribution in [3.8, 4) is 0 Å². The van der Waals surface area contributed by atoms with Gasteiger partial charge in [0.15, 0.2) is 18.1 Å². The van der Waals surface area contributed by atoms with Crippen molar-refractivity contribution in [3.05, 3.63) is 65.0 Å². The van der Waals surface area contributed by atoms with E-state index in [2.05, 4.69) is 20.8 Å². The number of nitrogens with one attached hydrogen (secondary N) is 2. The molecular formula is C17H21N6O3+. The number of nitroso groups, excluding NO2 is 1. The number of rotatable bonds is 7. The summed E-state index contributed by atoms with van der Waals surface area (Å²) >= 11 is 0. The van der Waals surface area contributed by atoms with Crippen LogP contribution in [-0.4, -0.2) is 41.8 Å². The second-order valence-corrected chi connectivity index (χ2v) is 5.66. The topological polar surface area (TPSA) is 108 Å². The van der Waals surface area contributed by atoms with Crippen LogP contribution in [0.25, 0.3) is 0 Å². The fourth-order valence-electron chi connectivity index (χ4n) is 2.23. The summed E-state index contributed by atoms with van der Waals surface area (Å²) in [4.78, 5) is 39.9. The van der Waals surface area contributed by atoms with Crippen LogP contribution in [0.5, 0.6) is 0 Å². The molecule has 1 aromatic heterocycles. The van der Waals surface area contributed by atoms with E-state index in [4.69, 9.17) is 0 Å². The van der Waals surface area contributed by atoms with Gasteiger partial charge in [-0.1, -0.05) is 0 Å². The van der Waals surface area contributed by atoms with Gasteiger partial charge < -0.3 is 15.5 Å². The molecule has 0 radical (unpaired) electrons. The SMILES string of the molecule is CN1C=C(C(=O)NCCCNC(=O)c2c[n+](C)ccn2)C=CC1=CN=O. The highest BCUT2D eigenvalue weighted by atomic mass is 16.2. The maximum atomic E-state index is 12.1. The van der Waals surface area contributed by atoms with Gasteiger partial charge in [0.05, 0.1) is 23.7 Å². The van der Waals surface area contributed by atoms with Crippen LogP contribution in [-0.2, 0) is 11.8 Å². The number of allylic oxidation sites excluding steroid dienone is 1. The number of likely N-dealkylation sites (N-methyl/N-ethyl adjacent to an activating group) is 1. The van der Waals surface area contributed by atoms with Crippen LogP contribution < -0.4 is 15.2 Å². The van der Waals surface area contributed by atoms with Crippen molar-refractivity contribution in [2.45, 2.75) is 6.42 Å². The van der Waals surface area contributed by atoms with Crippen molar-refractivity contribution < 1.29 is 14.2 Å². The van der Waals surface area contributed by atoms with Crippen LogP contribution in [0.15, 0.2) is 59.6 Å². The molecule has 26 heavy (non-hydrogen) atoms. The summed E-state index contributed by atoms with van der Waals surface area (Å²) in [5.41, 5.74) is 1.41. The van der Waals surface area contributed by atoms with Gasteiger partial charge in [-0.05, 0) is 23.7 Å². The van der Waals surface area contributed by atoms with Gasteiger partial charge in [-0.25, -0.2) is 9.55 Å². The third-order valence-electron chi connectivity index (χ3n) is 3.62. The highest BCUT2D eigenvalue weighted by Crippen LogP contribution is 2.15. The van der Waals surface area contributed by atoms with Crippen LogP contribution >= 0.6 is 0 Å². The lowest BCUT2D eigenvalue weighted by Gasteiger charge is -2.19. The normalized spacial score (nSPS) is 14.8. The first kappa shape index (κ1) is 19.0. The molecule has 0 aromatic carbocycles. The number of aromatic nitrogens is 2. The Labute approximate surface area is 151 Å². The Bertz CT molecular complexity index is 784. The average Bonchev–Trinajstić information content (AvgIpc) is 2.63. The number of carbonyl (C=O) groups is 2. The third kappa shape index (κ3) is 5.33. The van der Waals surface area contributed by atoms with Crippen molar-refractivity contribution in [1.82, 2.24) is 20.5 Å². The molecule has 2 heterocycles. The fraction of sp³-hybridized carbons (Fsp3) is 0.294. The molecule has 2 N–H and O–H groups in total. The summed E-state index contributed by atoms with van der Waals surface area (Å²) < 4.78 is 1.75. The third-order valence-corrected chi connectivity index (χ3v) is 3.62. The first-order valence-electron chi connectivity index (χ1n) is 8.04. The van der Waals surface area contributed by atoms with Gasteiger partial charge in [0.1, 0.15) is 7.05 Å². The molecule has 1 aliphatic rings. The minimum atomic E-state index is -0.254. The molecule has 0 saturated carbocycles. The van der Waals surface area contributed by atoms with Crippen molar-refractivity contribution in [2.24, 2.45) is 12.2 Å². The molecule has 9 heteroatoms. The van der Waals surface area contributed by atoms with Crippen molar-refractivity contribution >= 4 is 11.8 Å². The lowest BCUT2D eigenvalue weighted by Crippen LogP contribution is -2.34. The number of hydrogen-bond acceptors (Lipinski definition) is 6. The molecule has 9 nitrogen and oxygen atoms in total. The van der Waals surface area contributed by atoms with Crippen LogP contribution in [0, 0.1) is 4.91 Å². The zero-order chi connectivity index (χ0) is 18.9. The largest absolute Gasteiger partial charge is 0.352 e. The van der Waals surface area contributed by atoms with Crippen molar-refractivity contribution in [1.29, 1.82) is 0 Å². The average molecular weight is 357 g/mol. The molecule has 0 aliphatic carbocycles. The van der Waals surface area contributed by atoms with E-state index in [-0.39, 0.29) is 11.8 Å². The van der Waals surface area contributed by atoms with Gasteiger partial charge in [0.25, 0.3) is 11.8 Å². The molecule has 0 saturated heterocycles. The minimum Gasteiger partial charge on any atom is -0.352 e. The summed E-state index contributed by atoms with van der Waals surface area (Å²) in [6.45, 7) is 0.842. The van der Waals surface area contributed by atoms with Crippen molar-refractivity contribution in [3.63, 3.8) is 0 Å². The number of aryl methyl sites for hydroxylation is 1. The van der Waals surface area contributed by atoms with Gasteiger partial charge in [-0.15, -0.1) is 4.91 Å². The maximum Gasteiger partial charge on any atom is 0.276 e. The smallest absolute Gasteiger partial charge is 0.276 e. The Hall–Kier alpha value is -3.36. The minimum absolute atomic E-state index is 0.228. The Kier molecular flexibility index (Phi) is 6.72. The van der Waals surface area contributed by atoms with E-state index >= 15 is 0 Å². The van der Waals surface area contributed by atoms with E-state index in [0.29, 0.717) is 36.5 Å². The zero-order valence-corrected chi connectivity index (χ0v) is 14.7. The monoisotopic (exact) mass is 357 g/mol. The second kappa shape index (κ2) is 9.21. The molecule has 1 aliphatic heterocycles. The quantitative estimate of drug-likeness (QED) is 0.410. The van der Waals surface area contributed by atoms with Crippen molar-refractivity contribution in [2.75, 3.05) is 20.1 Å². The summed E-state index contributed by atoms with van der Waals surface area (Å²) in [5, 5.41) is 8.25. The molecule has 0 spiro atoms. The molecule has 2 rings (SSSR count). The predicted octanol–water partition coefficient (Wildman–Crippen LogP) is 0.136. The molecule has 2 amide bonds. The summed E-state index contributed by atoms with van der Waals surface area (Å²) in [6, 6.07) is 0. The van der Waals surface area contributed by atoms with Crippen LogP contribution in [0.1, 0.15) is 16.9 Å². The van der Waals surface area contributed by atoms with Crippen LogP contribution in [0.2, 0.25) is 0 Å². The highest BCUT2D eigenvalue weighted by molar-refractivity contribution is 5.96. The number of carbonyl (C=O) groups excluding carboxylic acids is 2. The van der Waals surface area contributed by atoms with E-state index in [0.717, 1.165) is 0 Å². The molecule has 0 fully saturated rings. The highest BCUT2D eigenvalue weighted by Gasteiger charge is 2.13. The number of amides is 2. The zero-order valence-electron chi connectivity index (χ0n) is 14.7. The molecule has 0 unspecified atom stereocenters. The van der Waals surface area contributed by atoms with Gasteiger partial charge in [-0.3, -0.25) is 9.59 Å². The van der Waals surface area contributed by atoms with Gasteiger partial charge in [-0.2, -0.15) is 0 Å². The van der Waals surface area contributed by atoms with E-state index in [1.54, 1.807) is 53.5 Å². The predicted molar refractivity (Wildman–Crippen MR) is 94.2 cm³/mol. The van der Waals surface area contributed by atoms with E-state index < -0.39 is 0 Å². The van der Waals surface area contributed by atoms with Crippen LogP contribution in [0.3, 0.4) is 0 Å². The van der Waals surface area contributed by atoms with E-state index in [1.807, 2.05) is 7.05 Å². The maximum absolute atomic E-state index is 12.1. The first-order chi connectivity index (χ1) is 12.5. The Balaban J connectivity index is 1.72. The lowest BCUT2D eigenvalue weighted by molar-refractivity contribution is -0.672. The molecular weight excluding hydrogens is 336 g/mol. The summed E-state index contributed by atoms with van der Waals surface area (Å²) in [7, 11) is 3.54. The van der Waals surface area contributed by atoms with Gasteiger partial charge >= 0.3 is 0 Å².